The zero-order valence-electron chi connectivity index (χ0n) is 16.4. The highest BCUT2D eigenvalue weighted by Gasteiger charge is 2.30. The van der Waals surface area contributed by atoms with Crippen molar-refractivity contribution < 1.29 is 9.53 Å². The molecule has 3 nitrogen and oxygen atoms in total. The van der Waals surface area contributed by atoms with Gasteiger partial charge in [-0.05, 0) is 35.6 Å². The summed E-state index contributed by atoms with van der Waals surface area (Å²) in [5.41, 5.74) is 2.36. The van der Waals surface area contributed by atoms with Gasteiger partial charge in [0, 0.05) is 18.7 Å². The predicted molar refractivity (Wildman–Crippen MR) is 115 cm³/mol. The first-order valence-electron chi connectivity index (χ1n) is 10.5. The van der Waals surface area contributed by atoms with Gasteiger partial charge >= 0.3 is 0 Å². The van der Waals surface area contributed by atoms with E-state index in [0.717, 1.165) is 35.9 Å². The Kier molecular flexibility index (Phi) is 6.58. The van der Waals surface area contributed by atoms with E-state index in [-0.39, 0.29) is 5.37 Å². The van der Waals surface area contributed by atoms with Gasteiger partial charge in [0.05, 0.1) is 0 Å². The minimum atomic E-state index is 0.152. The Morgan fingerprint density at radius 1 is 1.04 bits per heavy atom. The lowest BCUT2D eigenvalue weighted by Gasteiger charge is -2.25. The number of nitrogens with zero attached hydrogens (tertiary/aromatic N) is 1. The van der Waals surface area contributed by atoms with Crippen LogP contribution in [0.25, 0.3) is 0 Å². The summed E-state index contributed by atoms with van der Waals surface area (Å²) in [4.78, 5) is 14.9. The van der Waals surface area contributed by atoms with Crippen LogP contribution >= 0.6 is 11.8 Å². The monoisotopic (exact) mass is 395 g/mol. The zero-order valence-corrected chi connectivity index (χ0v) is 17.2. The summed E-state index contributed by atoms with van der Waals surface area (Å²) in [6, 6.07) is 18.5. The fourth-order valence-corrected chi connectivity index (χ4v) is 5.52. The van der Waals surface area contributed by atoms with Crippen LogP contribution in [0, 0.1) is 5.92 Å². The first-order valence-corrected chi connectivity index (χ1v) is 11.5. The van der Waals surface area contributed by atoms with Crippen molar-refractivity contribution in [3.05, 3.63) is 65.7 Å². The molecule has 0 N–H and O–H groups in total. The average Bonchev–Trinajstić information content (AvgIpc) is 3.44. The molecule has 4 rings (SSSR count). The van der Waals surface area contributed by atoms with Gasteiger partial charge in [-0.3, -0.25) is 4.79 Å². The summed E-state index contributed by atoms with van der Waals surface area (Å²) in [5.74, 6) is 2.99. The van der Waals surface area contributed by atoms with E-state index in [2.05, 4.69) is 29.2 Å². The zero-order chi connectivity index (χ0) is 19.2. The normalized spacial score (nSPS) is 19.9. The molecular formula is C24H29NO2S. The van der Waals surface area contributed by atoms with Gasteiger partial charge in [-0.2, -0.15) is 0 Å². The molecule has 1 saturated heterocycles. The lowest BCUT2D eigenvalue weighted by atomic mass is 10.0. The van der Waals surface area contributed by atoms with Gasteiger partial charge in [-0.1, -0.05) is 68.1 Å². The molecule has 148 valence electrons. The minimum Gasteiger partial charge on any atom is -0.489 e. The number of hydrogen-bond acceptors (Lipinski definition) is 3. The van der Waals surface area contributed by atoms with E-state index in [0.29, 0.717) is 18.9 Å². The Morgan fingerprint density at radius 2 is 1.79 bits per heavy atom. The first-order chi connectivity index (χ1) is 13.8. The average molecular weight is 396 g/mol. The molecule has 2 aliphatic rings. The van der Waals surface area contributed by atoms with Gasteiger partial charge in [0.15, 0.2) is 0 Å². The van der Waals surface area contributed by atoms with Gasteiger partial charge in [0.1, 0.15) is 17.7 Å². The van der Waals surface area contributed by atoms with E-state index in [1.165, 1.54) is 31.2 Å². The van der Waals surface area contributed by atoms with Crippen molar-refractivity contribution in [2.75, 3.05) is 12.3 Å². The van der Waals surface area contributed by atoms with Crippen LogP contribution in [0.15, 0.2) is 54.6 Å². The number of benzene rings is 2. The van der Waals surface area contributed by atoms with E-state index < -0.39 is 0 Å². The Bertz CT molecular complexity index is 756. The SMILES string of the molecule is O=C(CCC1CCCC1)N1CCSC1c1ccc(OCc2ccccc2)cc1. The summed E-state index contributed by atoms with van der Waals surface area (Å²) in [6.07, 6.45) is 7.10. The summed E-state index contributed by atoms with van der Waals surface area (Å²) < 4.78 is 5.89. The van der Waals surface area contributed by atoms with Crippen molar-refractivity contribution in [2.24, 2.45) is 5.92 Å². The molecule has 0 radical (unpaired) electrons. The van der Waals surface area contributed by atoms with Crippen molar-refractivity contribution >= 4 is 17.7 Å². The van der Waals surface area contributed by atoms with Crippen molar-refractivity contribution in [1.82, 2.24) is 4.90 Å². The summed E-state index contributed by atoms with van der Waals surface area (Å²) in [5, 5.41) is 0.152. The molecule has 1 atom stereocenters. The van der Waals surface area contributed by atoms with Crippen molar-refractivity contribution in [3.8, 4) is 5.75 Å². The standard InChI is InChI=1S/C24H29NO2S/c26-23(15-10-19-6-4-5-7-19)25-16-17-28-24(25)21-11-13-22(14-12-21)27-18-20-8-2-1-3-9-20/h1-3,8-9,11-14,19,24H,4-7,10,15-18H2. The summed E-state index contributed by atoms with van der Waals surface area (Å²) in [6.45, 7) is 1.44. The van der Waals surface area contributed by atoms with Gasteiger partial charge in [0.25, 0.3) is 0 Å². The molecule has 1 heterocycles. The number of amides is 1. The fraction of sp³-hybridized carbons (Fsp3) is 0.458. The van der Waals surface area contributed by atoms with Gasteiger partial charge in [-0.25, -0.2) is 0 Å². The molecule has 0 bridgehead atoms. The Morgan fingerprint density at radius 3 is 2.54 bits per heavy atom. The van der Waals surface area contributed by atoms with Crippen LogP contribution in [-0.4, -0.2) is 23.1 Å². The molecule has 4 heteroatoms. The minimum absolute atomic E-state index is 0.152. The highest BCUT2D eigenvalue weighted by atomic mass is 32.2. The maximum absolute atomic E-state index is 12.8. The number of thioether (sulfide) groups is 1. The van der Waals surface area contributed by atoms with Gasteiger partial charge < -0.3 is 9.64 Å². The maximum Gasteiger partial charge on any atom is 0.223 e. The van der Waals surface area contributed by atoms with Crippen LogP contribution < -0.4 is 4.74 Å². The van der Waals surface area contributed by atoms with Crippen LogP contribution in [0.1, 0.15) is 55.0 Å². The van der Waals surface area contributed by atoms with E-state index in [4.69, 9.17) is 4.74 Å². The van der Waals surface area contributed by atoms with Crippen molar-refractivity contribution in [2.45, 2.75) is 50.5 Å². The topological polar surface area (TPSA) is 29.5 Å². The molecule has 2 aromatic carbocycles. The molecular weight excluding hydrogens is 366 g/mol. The van der Waals surface area contributed by atoms with Crippen molar-refractivity contribution in [1.29, 1.82) is 0 Å². The number of carbonyl (C=O) groups is 1. The second-order valence-corrected chi connectivity index (χ2v) is 9.03. The first kappa shape index (κ1) is 19.4. The molecule has 0 aromatic heterocycles. The molecule has 2 aromatic rings. The van der Waals surface area contributed by atoms with E-state index in [1.54, 1.807) is 0 Å². The second kappa shape index (κ2) is 9.51. The molecule has 2 fully saturated rings. The number of ether oxygens (including phenoxy) is 1. The third-order valence-electron chi connectivity index (χ3n) is 5.87. The lowest BCUT2D eigenvalue weighted by molar-refractivity contribution is -0.131. The molecule has 1 aliphatic heterocycles. The lowest BCUT2D eigenvalue weighted by Crippen LogP contribution is -2.30. The van der Waals surface area contributed by atoms with Crippen LogP contribution in [0.4, 0.5) is 0 Å². The van der Waals surface area contributed by atoms with Crippen LogP contribution in [0.5, 0.6) is 5.75 Å². The third kappa shape index (κ3) is 4.91. The Hall–Kier alpha value is -1.94. The smallest absolute Gasteiger partial charge is 0.223 e. The third-order valence-corrected chi connectivity index (χ3v) is 7.13. The molecule has 1 aliphatic carbocycles. The number of hydrogen-bond donors (Lipinski definition) is 0. The largest absolute Gasteiger partial charge is 0.489 e. The predicted octanol–water partition coefficient (Wildman–Crippen LogP) is 5.81. The molecule has 1 saturated carbocycles. The second-order valence-electron chi connectivity index (χ2n) is 7.84. The Labute approximate surface area is 172 Å². The summed E-state index contributed by atoms with van der Waals surface area (Å²) >= 11 is 1.87. The molecule has 1 unspecified atom stereocenters. The van der Waals surface area contributed by atoms with Gasteiger partial charge in [-0.15, -0.1) is 11.8 Å². The quantitative estimate of drug-likeness (QED) is 0.592. The van der Waals surface area contributed by atoms with Gasteiger partial charge in [0.2, 0.25) is 5.91 Å². The highest BCUT2D eigenvalue weighted by molar-refractivity contribution is 7.99. The molecule has 28 heavy (non-hydrogen) atoms. The summed E-state index contributed by atoms with van der Waals surface area (Å²) in [7, 11) is 0. The molecule has 0 spiro atoms. The van der Waals surface area contributed by atoms with Crippen LogP contribution in [0.3, 0.4) is 0 Å². The van der Waals surface area contributed by atoms with Crippen molar-refractivity contribution in [3.63, 3.8) is 0 Å². The van der Waals surface area contributed by atoms with E-state index in [1.807, 2.05) is 42.1 Å². The fourth-order valence-electron chi connectivity index (χ4n) is 4.24. The van der Waals surface area contributed by atoms with Crippen LogP contribution in [0.2, 0.25) is 0 Å². The number of carbonyl (C=O) groups excluding carboxylic acids is 1. The highest BCUT2D eigenvalue weighted by Crippen LogP contribution is 2.39. The van der Waals surface area contributed by atoms with Crippen LogP contribution in [-0.2, 0) is 11.4 Å². The van der Waals surface area contributed by atoms with E-state index >= 15 is 0 Å². The van der Waals surface area contributed by atoms with E-state index in [9.17, 15) is 4.79 Å². The molecule has 1 amide bonds. The Balaban J connectivity index is 1.32. The maximum atomic E-state index is 12.8. The number of rotatable bonds is 7.